The summed E-state index contributed by atoms with van der Waals surface area (Å²) in [6, 6.07) is 16.6. The van der Waals surface area contributed by atoms with Crippen LogP contribution in [0.15, 0.2) is 65.5 Å². The Morgan fingerprint density at radius 1 is 1.21 bits per heavy atom. The van der Waals surface area contributed by atoms with Crippen LogP contribution in [-0.4, -0.2) is 48.2 Å². The number of nitrogens with zero attached hydrogens (tertiary/aromatic N) is 3. The van der Waals surface area contributed by atoms with Crippen LogP contribution in [0.1, 0.15) is 24.5 Å². The van der Waals surface area contributed by atoms with Crippen LogP contribution in [0, 0.1) is 0 Å². The van der Waals surface area contributed by atoms with E-state index >= 15 is 0 Å². The molecule has 2 atom stereocenters. The summed E-state index contributed by atoms with van der Waals surface area (Å²) in [6.07, 6.45) is 2.50. The van der Waals surface area contributed by atoms with Crippen molar-refractivity contribution in [1.29, 1.82) is 0 Å². The fourth-order valence-corrected chi connectivity index (χ4v) is 4.76. The smallest absolute Gasteiger partial charge is 0.249 e. The lowest BCUT2D eigenvalue weighted by molar-refractivity contribution is -0.128. The number of amides is 2. The highest BCUT2D eigenvalue weighted by Gasteiger charge is 2.33. The molecule has 2 amide bonds. The molecule has 0 fully saturated rings. The van der Waals surface area contributed by atoms with E-state index in [0.717, 1.165) is 33.2 Å². The molecule has 1 aliphatic rings. The number of rotatable bonds is 7. The van der Waals surface area contributed by atoms with E-state index in [2.05, 4.69) is 20.8 Å². The largest absolute Gasteiger partial charge is 0.496 e. The molecule has 198 valence electrons. The van der Waals surface area contributed by atoms with Crippen molar-refractivity contribution in [3.63, 3.8) is 0 Å². The maximum atomic E-state index is 13.9. The molecule has 38 heavy (non-hydrogen) atoms. The van der Waals surface area contributed by atoms with Gasteiger partial charge in [-0.3, -0.25) is 9.59 Å². The summed E-state index contributed by atoms with van der Waals surface area (Å²) in [5.74, 6) is 0.830. The van der Waals surface area contributed by atoms with E-state index in [1.165, 1.54) is 6.39 Å². The van der Waals surface area contributed by atoms with Crippen molar-refractivity contribution in [3.8, 4) is 17.1 Å². The summed E-state index contributed by atoms with van der Waals surface area (Å²) in [5.41, 5.74) is 3.61. The fraction of sp³-hybridized carbons (Fsp3) is 0.286. The second-order valence-corrected chi connectivity index (χ2v) is 9.10. The first-order valence-corrected chi connectivity index (χ1v) is 12.2. The van der Waals surface area contributed by atoms with Gasteiger partial charge in [0.1, 0.15) is 11.8 Å². The van der Waals surface area contributed by atoms with E-state index < -0.39 is 12.1 Å². The zero-order valence-electron chi connectivity index (χ0n) is 21.4. The number of halogens is 1. The van der Waals surface area contributed by atoms with Crippen LogP contribution in [0.4, 0.5) is 5.69 Å². The summed E-state index contributed by atoms with van der Waals surface area (Å²) in [4.78, 5) is 32.5. The Labute approximate surface area is 227 Å². The Morgan fingerprint density at radius 3 is 2.76 bits per heavy atom. The lowest BCUT2D eigenvalue weighted by Gasteiger charge is -2.28. The molecule has 3 aromatic carbocycles. The molecular formula is C28H30ClN5O4. The first kappa shape index (κ1) is 27.1. The molecule has 0 saturated carbocycles. The maximum absolute atomic E-state index is 13.9. The second-order valence-electron chi connectivity index (χ2n) is 9.10. The number of aromatic nitrogens is 2. The zero-order valence-corrected chi connectivity index (χ0v) is 22.2. The number of para-hydroxylation sites is 1. The van der Waals surface area contributed by atoms with Crippen molar-refractivity contribution >= 4 is 40.7 Å². The van der Waals surface area contributed by atoms with E-state index in [4.69, 9.17) is 9.26 Å². The molecule has 5 rings (SSSR count). The average molecular weight is 536 g/mol. The molecule has 0 radical (unpaired) electrons. The Kier molecular flexibility index (Phi) is 8.29. The number of fused-ring (bicyclic) bond motifs is 2. The molecule has 0 unspecified atom stereocenters. The number of aryl methyl sites for hydroxylation is 1. The lowest BCUT2D eigenvalue weighted by atomic mass is 10.00. The van der Waals surface area contributed by atoms with Gasteiger partial charge < -0.3 is 24.8 Å². The Balaban J connectivity index is 0.00000336. The van der Waals surface area contributed by atoms with Crippen molar-refractivity contribution in [2.24, 2.45) is 0 Å². The first-order chi connectivity index (χ1) is 18.0. The Bertz CT molecular complexity index is 1440. The van der Waals surface area contributed by atoms with Gasteiger partial charge in [-0.25, -0.2) is 0 Å². The lowest BCUT2D eigenvalue weighted by Crippen LogP contribution is -2.52. The molecule has 1 aliphatic heterocycles. The minimum Gasteiger partial charge on any atom is -0.496 e. The van der Waals surface area contributed by atoms with Crippen LogP contribution >= 0.6 is 12.4 Å². The van der Waals surface area contributed by atoms with Crippen molar-refractivity contribution in [2.75, 3.05) is 19.1 Å². The number of anilines is 1. The summed E-state index contributed by atoms with van der Waals surface area (Å²) in [5, 5.41) is 11.7. The van der Waals surface area contributed by atoms with Crippen LogP contribution in [0.2, 0.25) is 0 Å². The van der Waals surface area contributed by atoms with Crippen LogP contribution in [0.25, 0.3) is 22.2 Å². The minimum absolute atomic E-state index is 0. The van der Waals surface area contributed by atoms with Crippen LogP contribution in [-0.2, 0) is 22.6 Å². The standard InChI is InChI=1S/C28H29N5O4.ClH/c1-17(29-2)27(34)31-23-12-9-18-6-4-5-7-24(18)33(28(23)35)15-22-21-11-8-20(26-30-16-37-32-26)14-19(21)10-13-25(22)36-3;/h4-8,10-11,13-14,16-17,23,29H,9,12,15H2,1-3H3,(H,31,34);1H/t17-,23-;/m0./s1. The van der Waals surface area contributed by atoms with Gasteiger partial charge in [-0.2, -0.15) is 4.98 Å². The van der Waals surface area contributed by atoms with Gasteiger partial charge in [0.05, 0.1) is 19.7 Å². The molecule has 2 N–H and O–H groups in total. The number of benzene rings is 3. The third-order valence-electron chi connectivity index (χ3n) is 6.94. The molecule has 9 nitrogen and oxygen atoms in total. The zero-order chi connectivity index (χ0) is 25.9. The third-order valence-corrected chi connectivity index (χ3v) is 6.94. The number of ether oxygens (including phenoxy) is 1. The molecule has 4 aromatic rings. The maximum Gasteiger partial charge on any atom is 0.249 e. The number of hydrogen-bond acceptors (Lipinski definition) is 7. The number of carbonyl (C=O) groups is 2. The highest BCUT2D eigenvalue weighted by molar-refractivity contribution is 6.02. The first-order valence-electron chi connectivity index (χ1n) is 12.2. The Hall–Kier alpha value is -3.95. The van der Waals surface area contributed by atoms with Gasteiger partial charge in [-0.15, -0.1) is 12.4 Å². The molecule has 0 saturated heterocycles. The molecule has 2 heterocycles. The summed E-state index contributed by atoms with van der Waals surface area (Å²) in [6.45, 7) is 2.05. The number of hydrogen-bond donors (Lipinski definition) is 2. The summed E-state index contributed by atoms with van der Waals surface area (Å²) < 4.78 is 10.6. The molecule has 10 heteroatoms. The highest BCUT2D eigenvalue weighted by atomic mass is 35.5. The third kappa shape index (κ3) is 5.20. The SMILES string of the molecule is CN[C@@H](C)C(=O)N[C@H]1CCc2ccccc2N(Cc2c(OC)ccc3cc(-c4ncon4)ccc23)C1=O.Cl. The normalized spacial score (nSPS) is 15.8. The van der Waals surface area contributed by atoms with Gasteiger partial charge in [-0.05, 0) is 61.3 Å². The van der Waals surface area contributed by atoms with Crippen molar-refractivity contribution in [3.05, 3.63) is 72.1 Å². The monoisotopic (exact) mass is 535 g/mol. The summed E-state index contributed by atoms with van der Waals surface area (Å²) in [7, 11) is 3.34. The number of nitrogens with one attached hydrogen (secondary N) is 2. The topological polar surface area (TPSA) is 110 Å². The van der Waals surface area contributed by atoms with E-state index in [9.17, 15) is 9.59 Å². The molecule has 0 bridgehead atoms. The van der Waals surface area contributed by atoms with Gasteiger partial charge in [0.15, 0.2) is 0 Å². The van der Waals surface area contributed by atoms with Crippen molar-refractivity contribution in [2.45, 2.75) is 38.4 Å². The predicted octanol–water partition coefficient (Wildman–Crippen LogP) is 3.89. The molecule has 1 aromatic heterocycles. The van der Waals surface area contributed by atoms with Crippen molar-refractivity contribution in [1.82, 2.24) is 20.8 Å². The van der Waals surface area contributed by atoms with E-state index in [-0.39, 0.29) is 30.8 Å². The van der Waals surface area contributed by atoms with Gasteiger partial charge >= 0.3 is 0 Å². The molecule has 0 spiro atoms. The average Bonchev–Trinajstić information content (AvgIpc) is 3.44. The van der Waals surface area contributed by atoms with Gasteiger partial charge in [0.2, 0.25) is 24.0 Å². The van der Waals surface area contributed by atoms with E-state index in [0.29, 0.717) is 24.4 Å². The number of methoxy groups -OCH3 is 1. The van der Waals surface area contributed by atoms with Crippen LogP contribution < -0.4 is 20.3 Å². The van der Waals surface area contributed by atoms with Gasteiger partial charge in [-0.1, -0.05) is 41.6 Å². The van der Waals surface area contributed by atoms with Crippen LogP contribution in [0.5, 0.6) is 5.75 Å². The Morgan fingerprint density at radius 2 is 2.03 bits per heavy atom. The number of carbonyl (C=O) groups excluding carboxylic acids is 2. The highest BCUT2D eigenvalue weighted by Crippen LogP contribution is 2.35. The van der Waals surface area contributed by atoms with Gasteiger partial charge in [0.25, 0.3) is 0 Å². The van der Waals surface area contributed by atoms with Crippen LogP contribution in [0.3, 0.4) is 0 Å². The molecule has 0 aliphatic carbocycles. The minimum atomic E-state index is -0.637. The van der Waals surface area contributed by atoms with E-state index in [1.54, 1.807) is 26.0 Å². The number of likely N-dealkylation sites (N-methyl/N-ethyl adjacent to an activating group) is 1. The molecular weight excluding hydrogens is 506 g/mol. The summed E-state index contributed by atoms with van der Waals surface area (Å²) >= 11 is 0. The predicted molar refractivity (Wildman–Crippen MR) is 147 cm³/mol. The quantitative estimate of drug-likeness (QED) is 0.369. The van der Waals surface area contributed by atoms with E-state index in [1.807, 2.05) is 54.6 Å². The van der Waals surface area contributed by atoms with Gasteiger partial charge in [0, 0.05) is 16.8 Å². The second kappa shape index (κ2) is 11.6. The van der Waals surface area contributed by atoms with Crippen molar-refractivity contribution < 1.29 is 18.8 Å². The fourth-order valence-electron chi connectivity index (χ4n) is 4.76.